The van der Waals surface area contributed by atoms with E-state index in [0.29, 0.717) is 6.42 Å². The Hall–Kier alpha value is -2.36. The highest BCUT2D eigenvalue weighted by Crippen LogP contribution is 2.41. The van der Waals surface area contributed by atoms with E-state index in [4.69, 9.17) is 4.74 Å². The SMILES string of the molecule is CC1=CC=CC2NC(=O)OC(=O)C12Cc1ccccc1. The topological polar surface area (TPSA) is 55.4 Å². The van der Waals surface area contributed by atoms with Gasteiger partial charge in [-0.25, -0.2) is 4.79 Å². The Bertz CT molecular complexity index is 618. The third kappa shape index (κ3) is 1.84. The molecule has 1 amide bonds. The molecule has 1 N–H and O–H groups in total. The normalized spacial score (nSPS) is 28.2. The second-order valence-corrected chi connectivity index (χ2v) is 5.17. The van der Waals surface area contributed by atoms with Crippen molar-refractivity contribution in [3.63, 3.8) is 0 Å². The number of rotatable bonds is 2. The van der Waals surface area contributed by atoms with Gasteiger partial charge in [-0.15, -0.1) is 0 Å². The van der Waals surface area contributed by atoms with Crippen molar-refractivity contribution in [1.82, 2.24) is 5.32 Å². The third-order valence-electron chi connectivity index (χ3n) is 4.03. The van der Waals surface area contributed by atoms with Crippen LogP contribution in [0, 0.1) is 5.41 Å². The van der Waals surface area contributed by atoms with Crippen molar-refractivity contribution >= 4 is 12.1 Å². The lowest BCUT2D eigenvalue weighted by atomic mass is 9.67. The zero-order valence-electron chi connectivity index (χ0n) is 11.1. The number of carbonyl (C=O) groups is 2. The molecule has 0 spiro atoms. The third-order valence-corrected chi connectivity index (χ3v) is 4.03. The number of amides is 1. The van der Waals surface area contributed by atoms with E-state index in [9.17, 15) is 9.59 Å². The molecule has 2 unspecified atom stereocenters. The molecule has 0 bridgehead atoms. The van der Waals surface area contributed by atoms with Gasteiger partial charge in [-0.05, 0) is 18.9 Å². The van der Waals surface area contributed by atoms with Crippen LogP contribution < -0.4 is 5.32 Å². The molecule has 1 heterocycles. The number of hydrogen-bond donors (Lipinski definition) is 1. The largest absolute Gasteiger partial charge is 0.415 e. The number of carbonyl (C=O) groups excluding carboxylic acids is 2. The minimum atomic E-state index is -0.843. The number of nitrogens with one attached hydrogen (secondary N) is 1. The van der Waals surface area contributed by atoms with E-state index < -0.39 is 17.5 Å². The van der Waals surface area contributed by atoms with Gasteiger partial charge in [0.2, 0.25) is 0 Å². The van der Waals surface area contributed by atoms with Gasteiger partial charge in [0, 0.05) is 0 Å². The maximum atomic E-state index is 12.4. The van der Waals surface area contributed by atoms with Gasteiger partial charge < -0.3 is 10.1 Å². The minimum Gasteiger partial charge on any atom is -0.376 e. The number of fused-ring (bicyclic) bond motifs is 1. The van der Waals surface area contributed by atoms with Crippen molar-refractivity contribution in [2.75, 3.05) is 0 Å². The molecule has 2 atom stereocenters. The molecule has 4 heteroatoms. The lowest BCUT2D eigenvalue weighted by Crippen LogP contribution is -2.59. The lowest BCUT2D eigenvalue weighted by Gasteiger charge is -2.42. The van der Waals surface area contributed by atoms with Gasteiger partial charge in [-0.2, -0.15) is 0 Å². The van der Waals surface area contributed by atoms with Gasteiger partial charge >= 0.3 is 12.1 Å². The van der Waals surface area contributed by atoms with Gasteiger partial charge in [0.05, 0.1) is 6.04 Å². The molecular formula is C16H15NO3. The highest BCUT2D eigenvalue weighted by atomic mass is 16.6. The Morgan fingerprint density at radius 3 is 2.75 bits per heavy atom. The van der Waals surface area contributed by atoms with Gasteiger partial charge in [0.25, 0.3) is 0 Å². The van der Waals surface area contributed by atoms with Crippen LogP contribution in [0.2, 0.25) is 0 Å². The monoisotopic (exact) mass is 269 g/mol. The summed E-state index contributed by atoms with van der Waals surface area (Å²) in [5, 5.41) is 2.73. The average molecular weight is 269 g/mol. The first-order valence-electron chi connectivity index (χ1n) is 6.55. The maximum absolute atomic E-state index is 12.4. The molecule has 1 aromatic rings. The van der Waals surface area contributed by atoms with E-state index in [1.54, 1.807) is 0 Å². The van der Waals surface area contributed by atoms with Crippen molar-refractivity contribution in [3.8, 4) is 0 Å². The van der Waals surface area contributed by atoms with Crippen molar-refractivity contribution < 1.29 is 14.3 Å². The molecule has 4 nitrogen and oxygen atoms in total. The molecule has 0 radical (unpaired) electrons. The Balaban J connectivity index is 2.05. The van der Waals surface area contributed by atoms with Crippen LogP contribution in [0.25, 0.3) is 0 Å². The van der Waals surface area contributed by atoms with Gasteiger partial charge in [-0.3, -0.25) is 4.79 Å². The Morgan fingerprint density at radius 2 is 2.00 bits per heavy atom. The number of allylic oxidation sites excluding steroid dienone is 2. The molecule has 0 saturated carbocycles. The van der Waals surface area contributed by atoms with Crippen molar-refractivity contribution in [2.45, 2.75) is 19.4 Å². The second kappa shape index (κ2) is 4.63. The van der Waals surface area contributed by atoms with E-state index in [2.05, 4.69) is 5.32 Å². The Kier molecular flexibility index (Phi) is 2.93. The number of esters is 1. The van der Waals surface area contributed by atoms with Crippen LogP contribution in [0.1, 0.15) is 12.5 Å². The fourth-order valence-electron chi connectivity index (χ4n) is 2.90. The lowest BCUT2D eigenvalue weighted by molar-refractivity contribution is -0.151. The molecule has 0 aromatic heterocycles. The summed E-state index contributed by atoms with van der Waals surface area (Å²) in [4.78, 5) is 23.8. The summed E-state index contributed by atoms with van der Waals surface area (Å²) in [6.07, 6.45) is 5.43. The van der Waals surface area contributed by atoms with Crippen LogP contribution in [0.4, 0.5) is 4.79 Å². The van der Waals surface area contributed by atoms with Crippen LogP contribution >= 0.6 is 0 Å². The summed E-state index contributed by atoms with van der Waals surface area (Å²) < 4.78 is 4.84. The molecule has 1 fully saturated rings. The summed E-state index contributed by atoms with van der Waals surface area (Å²) in [7, 11) is 0. The fourth-order valence-corrected chi connectivity index (χ4v) is 2.90. The average Bonchev–Trinajstić information content (AvgIpc) is 2.42. The fraction of sp³-hybridized carbons (Fsp3) is 0.250. The summed E-state index contributed by atoms with van der Waals surface area (Å²) in [6, 6.07) is 9.39. The van der Waals surface area contributed by atoms with Crippen LogP contribution in [0.5, 0.6) is 0 Å². The summed E-state index contributed by atoms with van der Waals surface area (Å²) in [6.45, 7) is 1.90. The predicted octanol–water partition coefficient (Wildman–Crippen LogP) is 2.37. The van der Waals surface area contributed by atoms with Crippen LogP contribution in [-0.2, 0) is 16.0 Å². The van der Waals surface area contributed by atoms with E-state index >= 15 is 0 Å². The zero-order valence-corrected chi connectivity index (χ0v) is 11.1. The smallest absolute Gasteiger partial charge is 0.376 e. The summed E-state index contributed by atoms with van der Waals surface area (Å²) >= 11 is 0. The van der Waals surface area contributed by atoms with Gasteiger partial charge in [0.15, 0.2) is 0 Å². The number of cyclic esters (lactones) is 2. The van der Waals surface area contributed by atoms with Crippen LogP contribution in [-0.4, -0.2) is 18.1 Å². The second-order valence-electron chi connectivity index (χ2n) is 5.17. The van der Waals surface area contributed by atoms with E-state index in [-0.39, 0.29) is 6.04 Å². The highest BCUT2D eigenvalue weighted by molar-refractivity contribution is 5.95. The predicted molar refractivity (Wildman–Crippen MR) is 73.9 cm³/mol. The summed E-state index contributed by atoms with van der Waals surface area (Å²) in [5.74, 6) is -0.479. The van der Waals surface area contributed by atoms with E-state index in [0.717, 1.165) is 11.1 Å². The number of ether oxygens (including phenoxy) is 1. The minimum absolute atomic E-state index is 0.360. The van der Waals surface area contributed by atoms with Crippen LogP contribution in [0.15, 0.2) is 54.1 Å². The first-order chi connectivity index (χ1) is 9.63. The standard InChI is InChI=1S/C16H15NO3/c1-11-6-5-9-13-16(11,14(18)20-15(19)17-13)10-12-7-3-2-4-8-12/h2-9,13H,10H2,1H3,(H,17,19). The quantitative estimate of drug-likeness (QED) is 0.662. The first kappa shape index (κ1) is 12.7. The zero-order chi connectivity index (χ0) is 14.2. The maximum Gasteiger partial charge on any atom is 0.415 e. The van der Waals surface area contributed by atoms with Crippen molar-refractivity contribution in [2.24, 2.45) is 5.41 Å². The molecule has 2 aliphatic rings. The van der Waals surface area contributed by atoms with E-state index in [1.165, 1.54) is 0 Å². The molecule has 1 aliphatic heterocycles. The Morgan fingerprint density at radius 1 is 1.25 bits per heavy atom. The molecular weight excluding hydrogens is 254 g/mol. The van der Waals surface area contributed by atoms with Crippen molar-refractivity contribution in [1.29, 1.82) is 0 Å². The highest BCUT2D eigenvalue weighted by Gasteiger charge is 2.53. The Labute approximate surface area is 117 Å². The molecule has 1 aromatic carbocycles. The number of benzene rings is 1. The summed E-state index contributed by atoms with van der Waals surface area (Å²) in [5.41, 5.74) is 1.09. The van der Waals surface area contributed by atoms with Crippen LogP contribution in [0.3, 0.4) is 0 Å². The molecule has 1 aliphatic carbocycles. The first-order valence-corrected chi connectivity index (χ1v) is 6.55. The molecule has 20 heavy (non-hydrogen) atoms. The molecule has 102 valence electrons. The van der Waals surface area contributed by atoms with Gasteiger partial charge in [-0.1, -0.05) is 54.1 Å². The molecule has 1 saturated heterocycles. The molecule has 3 rings (SSSR count). The van der Waals surface area contributed by atoms with Gasteiger partial charge in [0.1, 0.15) is 5.41 Å². The number of alkyl carbamates (subject to hydrolysis) is 1. The van der Waals surface area contributed by atoms with E-state index in [1.807, 2.05) is 55.5 Å². The van der Waals surface area contributed by atoms with Crippen molar-refractivity contribution in [3.05, 3.63) is 59.7 Å². The number of hydrogen-bond acceptors (Lipinski definition) is 3.